The molecule has 0 aromatic rings. The van der Waals surface area contributed by atoms with Crippen molar-refractivity contribution in [1.29, 1.82) is 0 Å². The summed E-state index contributed by atoms with van der Waals surface area (Å²) in [6, 6.07) is -1.01. The fourth-order valence-electron chi connectivity index (χ4n) is 3.50. The highest BCUT2D eigenvalue weighted by Crippen LogP contribution is 2.34. The molecule has 0 aromatic carbocycles. The maximum atomic E-state index is 12.9. The van der Waals surface area contributed by atoms with Crippen molar-refractivity contribution >= 4 is 22.0 Å². The SMILES string of the molecule is COC(=O)C1CCCCC1S(=O)(=O)N1CCCCC1C(=O)O. The number of rotatable bonds is 4. The van der Waals surface area contributed by atoms with Gasteiger partial charge in [-0.15, -0.1) is 0 Å². The summed E-state index contributed by atoms with van der Waals surface area (Å²) in [7, 11) is -2.58. The third-order valence-corrected chi connectivity index (χ3v) is 7.07. The second-order valence-corrected chi connectivity index (χ2v) is 8.06. The fourth-order valence-corrected chi connectivity index (χ4v) is 5.91. The highest BCUT2D eigenvalue weighted by molar-refractivity contribution is 7.89. The van der Waals surface area contributed by atoms with Crippen molar-refractivity contribution in [2.24, 2.45) is 5.92 Å². The molecule has 2 fully saturated rings. The number of carboxylic acid groups (broad SMARTS) is 1. The van der Waals surface area contributed by atoms with Crippen LogP contribution in [0.15, 0.2) is 0 Å². The molecule has 8 heteroatoms. The van der Waals surface area contributed by atoms with Gasteiger partial charge >= 0.3 is 11.9 Å². The lowest BCUT2D eigenvalue weighted by atomic mass is 9.89. The summed E-state index contributed by atoms with van der Waals surface area (Å²) in [6.07, 6.45) is 4.04. The Morgan fingerprint density at radius 2 is 1.73 bits per heavy atom. The maximum Gasteiger partial charge on any atom is 0.322 e. The molecule has 1 saturated carbocycles. The van der Waals surface area contributed by atoms with Gasteiger partial charge in [-0.25, -0.2) is 8.42 Å². The Labute approximate surface area is 130 Å². The van der Waals surface area contributed by atoms with Gasteiger partial charge in [0.1, 0.15) is 6.04 Å². The Balaban J connectivity index is 2.29. The van der Waals surface area contributed by atoms with E-state index in [9.17, 15) is 23.1 Å². The van der Waals surface area contributed by atoms with E-state index < -0.39 is 39.2 Å². The lowest BCUT2D eigenvalue weighted by molar-refractivity contribution is -0.146. The van der Waals surface area contributed by atoms with Gasteiger partial charge in [0.25, 0.3) is 0 Å². The van der Waals surface area contributed by atoms with Gasteiger partial charge in [-0.1, -0.05) is 12.8 Å². The number of carbonyl (C=O) groups is 2. The number of hydrogen-bond donors (Lipinski definition) is 1. The van der Waals surface area contributed by atoms with Crippen LogP contribution >= 0.6 is 0 Å². The molecule has 22 heavy (non-hydrogen) atoms. The van der Waals surface area contributed by atoms with E-state index in [4.69, 9.17) is 4.74 Å². The predicted octanol–water partition coefficient (Wildman–Crippen LogP) is 0.987. The Morgan fingerprint density at radius 3 is 2.36 bits per heavy atom. The lowest BCUT2D eigenvalue weighted by Crippen LogP contribution is -2.53. The number of sulfonamides is 1. The highest BCUT2D eigenvalue weighted by Gasteiger charge is 2.46. The van der Waals surface area contributed by atoms with Crippen LogP contribution in [-0.4, -0.2) is 54.7 Å². The predicted molar refractivity (Wildman–Crippen MR) is 78.7 cm³/mol. The number of aliphatic carboxylic acids is 1. The molecular weight excluding hydrogens is 310 g/mol. The topological polar surface area (TPSA) is 101 Å². The first-order valence-corrected chi connectivity index (χ1v) is 9.21. The summed E-state index contributed by atoms with van der Waals surface area (Å²) >= 11 is 0. The fraction of sp³-hybridized carbons (Fsp3) is 0.857. The number of piperidine rings is 1. The molecule has 3 unspecified atom stereocenters. The normalized spacial score (nSPS) is 30.7. The van der Waals surface area contributed by atoms with Gasteiger partial charge in [0.2, 0.25) is 10.0 Å². The maximum absolute atomic E-state index is 12.9. The van der Waals surface area contributed by atoms with Crippen molar-refractivity contribution < 1.29 is 27.9 Å². The van der Waals surface area contributed by atoms with Crippen molar-refractivity contribution in [2.75, 3.05) is 13.7 Å². The summed E-state index contributed by atoms with van der Waals surface area (Å²) < 4.78 is 31.7. The quantitative estimate of drug-likeness (QED) is 0.770. The van der Waals surface area contributed by atoms with Crippen molar-refractivity contribution in [1.82, 2.24) is 4.31 Å². The third kappa shape index (κ3) is 3.27. The summed E-state index contributed by atoms with van der Waals surface area (Å²) in [5.74, 6) is -2.33. The molecule has 0 aromatic heterocycles. The van der Waals surface area contributed by atoms with Gasteiger partial charge in [-0.05, 0) is 32.1 Å². The van der Waals surface area contributed by atoms with Gasteiger partial charge < -0.3 is 9.84 Å². The van der Waals surface area contributed by atoms with Gasteiger partial charge in [-0.3, -0.25) is 9.59 Å². The molecule has 0 bridgehead atoms. The van der Waals surface area contributed by atoms with Crippen LogP contribution in [-0.2, 0) is 24.3 Å². The molecule has 0 spiro atoms. The average Bonchev–Trinajstić information content (AvgIpc) is 2.54. The zero-order chi connectivity index (χ0) is 16.3. The van der Waals surface area contributed by atoms with Crippen molar-refractivity contribution in [3.8, 4) is 0 Å². The van der Waals surface area contributed by atoms with Crippen LogP contribution in [0.25, 0.3) is 0 Å². The molecule has 0 amide bonds. The summed E-state index contributed by atoms with van der Waals surface area (Å²) in [5, 5.41) is 8.43. The van der Waals surface area contributed by atoms with E-state index in [1.165, 1.54) is 7.11 Å². The monoisotopic (exact) mass is 333 g/mol. The van der Waals surface area contributed by atoms with Crippen LogP contribution < -0.4 is 0 Å². The molecule has 7 nitrogen and oxygen atoms in total. The first-order chi connectivity index (χ1) is 10.4. The number of nitrogens with zero attached hydrogens (tertiary/aromatic N) is 1. The molecule has 0 radical (unpaired) electrons. The van der Waals surface area contributed by atoms with E-state index in [0.717, 1.165) is 17.1 Å². The van der Waals surface area contributed by atoms with Crippen LogP contribution in [0.2, 0.25) is 0 Å². The van der Waals surface area contributed by atoms with E-state index in [-0.39, 0.29) is 6.54 Å². The standard InChI is InChI=1S/C14H23NO6S/c1-21-14(18)10-6-2-3-8-12(10)22(19,20)15-9-5-4-7-11(15)13(16)17/h10-12H,2-9H2,1H3,(H,16,17). The number of carbonyl (C=O) groups excluding carboxylic acids is 1. The molecule has 3 atom stereocenters. The number of hydrogen-bond acceptors (Lipinski definition) is 5. The number of methoxy groups -OCH3 is 1. The van der Waals surface area contributed by atoms with E-state index >= 15 is 0 Å². The summed E-state index contributed by atoms with van der Waals surface area (Å²) in [4.78, 5) is 23.3. The summed E-state index contributed by atoms with van der Waals surface area (Å²) in [6.45, 7) is 0.212. The van der Waals surface area contributed by atoms with E-state index in [2.05, 4.69) is 0 Å². The first kappa shape index (κ1) is 17.2. The minimum atomic E-state index is -3.83. The Morgan fingerprint density at radius 1 is 1.09 bits per heavy atom. The Bertz CT molecular complexity index is 531. The smallest absolute Gasteiger partial charge is 0.322 e. The lowest BCUT2D eigenvalue weighted by Gasteiger charge is -2.38. The van der Waals surface area contributed by atoms with Gasteiger partial charge in [0.15, 0.2) is 0 Å². The van der Waals surface area contributed by atoms with Gasteiger partial charge in [0.05, 0.1) is 18.3 Å². The highest BCUT2D eigenvalue weighted by atomic mass is 32.2. The molecule has 1 aliphatic heterocycles. The molecule has 1 N–H and O–H groups in total. The van der Waals surface area contributed by atoms with Gasteiger partial charge in [-0.2, -0.15) is 4.31 Å². The Hall–Kier alpha value is -1.15. The largest absolute Gasteiger partial charge is 0.480 e. The minimum Gasteiger partial charge on any atom is -0.480 e. The third-order valence-electron chi connectivity index (χ3n) is 4.65. The van der Waals surface area contributed by atoms with Crippen LogP contribution in [0.5, 0.6) is 0 Å². The molecular formula is C14H23NO6S. The molecule has 2 aliphatic rings. The number of esters is 1. The van der Waals surface area contributed by atoms with E-state index in [1.807, 2.05) is 0 Å². The van der Waals surface area contributed by atoms with Gasteiger partial charge in [0, 0.05) is 6.54 Å². The minimum absolute atomic E-state index is 0.212. The van der Waals surface area contributed by atoms with Crippen molar-refractivity contribution in [3.05, 3.63) is 0 Å². The molecule has 1 saturated heterocycles. The molecule has 1 heterocycles. The van der Waals surface area contributed by atoms with Crippen molar-refractivity contribution in [3.63, 3.8) is 0 Å². The molecule has 1 aliphatic carbocycles. The second kappa shape index (κ2) is 6.95. The first-order valence-electron chi connectivity index (χ1n) is 7.71. The zero-order valence-electron chi connectivity index (χ0n) is 12.7. The number of carboxylic acids is 1. The summed E-state index contributed by atoms with van der Waals surface area (Å²) in [5.41, 5.74) is 0. The van der Waals surface area contributed by atoms with Crippen LogP contribution in [0, 0.1) is 5.92 Å². The van der Waals surface area contributed by atoms with E-state index in [1.54, 1.807) is 0 Å². The average molecular weight is 333 g/mol. The van der Waals surface area contributed by atoms with Crippen LogP contribution in [0.4, 0.5) is 0 Å². The zero-order valence-corrected chi connectivity index (χ0v) is 13.5. The van der Waals surface area contributed by atoms with Crippen molar-refractivity contribution in [2.45, 2.75) is 56.2 Å². The second-order valence-electron chi connectivity index (χ2n) is 5.96. The number of ether oxygens (including phenoxy) is 1. The molecule has 126 valence electrons. The van der Waals surface area contributed by atoms with Crippen LogP contribution in [0.3, 0.4) is 0 Å². The van der Waals surface area contributed by atoms with Crippen LogP contribution in [0.1, 0.15) is 44.9 Å². The van der Waals surface area contributed by atoms with E-state index in [0.29, 0.717) is 32.1 Å². The Kier molecular flexibility index (Phi) is 5.44. The molecule has 2 rings (SSSR count).